The molecule has 1 heterocycles. The Labute approximate surface area is 224 Å². The summed E-state index contributed by atoms with van der Waals surface area (Å²) >= 11 is 0. The van der Waals surface area contributed by atoms with Gasteiger partial charge in [0.05, 0.1) is 0 Å². The molecule has 4 aromatic rings. The fourth-order valence-electron chi connectivity index (χ4n) is 5.84. The summed E-state index contributed by atoms with van der Waals surface area (Å²) in [7, 11) is -3.09. The second-order valence-corrected chi connectivity index (χ2v) is 14.1. The van der Waals surface area contributed by atoms with Crippen LogP contribution in [0.2, 0.25) is 12.1 Å². The highest BCUT2D eigenvalue weighted by atomic mass is 28.3. The summed E-state index contributed by atoms with van der Waals surface area (Å²) in [5, 5.41) is 1.27. The zero-order valence-electron chi connectivity index (χ0n) is 21.3. The molecule has 0 aliphatic carbocycles. The molecule has 1 aliphatic rings. The molecule has 0 bridgehead atoms. The van der Waals surface area contributed by atoms with Crippen LogP contribution in [-0.2, 0) is 0 Å². The molecular weight excluding hydrogens is 526 g/mol. The predicted octanol–water partition coefficient (Wildman–Crippen LogP) is 9.62. The van der Waals surface area contributed by atoms with Crippen LogP contribution < -0.4 is 0 Å². The van der Waals surface area contributed by atoms with E-state index in [-0.39, 0.29) is 11.1 Å². The number of halogens is 6. The first-order valence-electron chi connectivity index (χ1n) is 12.6. The van der Waals surface area contributed by atoms with E-state index >= 15 is 0 Å². The van der Waals surface area contributed by atoms with E-state index < -0.39 is 43.0 Å². The zero-order valence-corrected chi connectivity index (χ0v) is 22.3. The van der Waals surface area contributed by atoms with Crippen molar-refractivity contribution in [3.8, 4) is 0 Å². The average Bonchev–Trinajstić information content (AvgIpc) is 3.26. The smallest absolute Gasteiger partial charge is 0.194 e. The van der Waals surface area contributed by atoms with Gasteiger partial charge in [0.1, 0.15) is 8.07 Å². The van der Waals surface area contributed by atoms with E-state index in [1.165, 1.54) is 0 Å². The molecule has 39 heavy (non-hydrogen) atoms. The van der Waals surface area contributed by atoms with Crippen molar-refractivity contribution >= 4 is 29.6 Å². The largest absolute Gasteiger partial charge is 0.204 e. The van der Waals surface area contributed by atoms with Gasteiger partial charge in [0.25, 0.3) is 0 Å². The minimum Gasteiger partial charge on any atom is -0.204 e. The summed E-state index contributed by atoms with van der Waals surface area (Å²) in [6, 6.07) is 23.3. The molecular formula is C32H24F6Si. The fourth-order valence-corrected chi connectivity index (χ4v) is 10.9. The summed E-state index contributed by atoms with van der Waals surface area (Å²) in [5.74, 6) is -8.44. The lowest BCUT2D eigenvalue weighted by Gasteiger charge is -2.33. The van der Waals surface area contributed by atoms with E-state index in [0.717, 1.165) is 35.4 Å². The van der Waals surface area contributed by atoms with E-state index in [0.29, 0.717) is 33.6 Å². The third-order valence-corrected chi connectivity index (χ3v) is 13.0. The first-order chi connectivity index (χ1) is 18.7. The zero-order chi connectivity index (χ0) is 27.9. The summed E-state index contributed by atoms with van der Waals surface area (Å²) in [4.78, 5) is 0. The SMILES string of the molecule is CC[Si]1(CC)C(c2cc(F)c(F)c(F)c2)=C(c2ccccc2)C(c2ccccc2)=C1c1cc(F)c(F)c(F)c1. The summed E-state index contributed by atoms with van der Waals surface area (Å²) in [6.07, 6.45) is 0. The van der Waals surface area contributed by atoms with Crippen molar-refractivity contribution in [3.63, 3.8) is 0 Å². The molecule has 0 spiro atoms. The Balaban J connectivity index is 2.01. The van der Waals surface area contributed by atoms with Gasteiger partial charge < -0.3 is 0 Å². The van der Waals surface area contributed by atoms with Gasteiger partial charge in [0, 0.05) is 0 Å². The summed E-state index contributed by atoms with van der Waals surface area (Å²) in [6.45, 7) is 3.86. The minimum absolute atomic E-state index is 0.173. The molecule has 1 aliphatic heterocycles. The van der Waals surface area contributed by atoms with E-state index in [4.69, 9.17) is 0 Å². The van der Waals surface area contributed by atoms with Gasteiger partial charge in [0.15, 0.2) is 34.9 Å². The lowest BCUT2D eigenvalue weighted by atomic mass is 9.89. The topological polar surface area (TPSA) is 0 Å². The molecule has 0 amide bonds. The Bertz CT molecular complexity index is 1450. The van der Waals surface area contributed by atoms with Crippen molar-refractivity contribution in [2.24, 2.45) is 0 Å². The van der Waals surface area contributed by atoms with Crippen LogP contribution in [0.15, 0.2) is 84.9 Å². The molecule has 0 atom stereocenters. The summed E-state index contributed by atoms with van der Waals surface area (Å²) in [5.41, 5.74) is 3.12. The van der Waals surface area contributed by atoms with Crippen LogP contribution in [0, 0.1) is 34.9 Å². The van der Waals surface area contributed by atoms with Crippen LogP contribution in [0.1, 0.15) is 36.1 Å². The quantitative estimate of drug-likeness (QED) is 0.127. The highest BCUT2D eigenvalue weighted by Crippen LogP contribution is 2.58. The van der Waals surface area contributed by atoms with E-state index in [9.17, 15) is 26.3 Å². The maximum absolute atomic E-state index is 14.7. The first-order valence-corrected chi connectivity index (χ1v) is 15.1. The number of hydrogen-bond acceptors (Lipinski definition) is 0. The molecule has 4 aromatic carbocycles. The highest BCUT2D eigenvalue weighted by molar-refractivity contribution is 7.14. The molecule has 0 fully saturated rings. The van der Waals surface area contributed by atoms with Gasteiger partial charge in [-0.25, -0.2) is 26.3 Å². The van der Waals surface area contributed by atoms with E-state index in [1.54, 1.807) is 0 Å². The highest BCUT2D eigenvalue weighted by Gasteiger charge is 2.48. The number of benzene rings is 4. The van der Waals surface area contributed by atoms with Crippen molar-refractivity contribution in [3.05, 3.63) is 142 Å². The number of rotatable bonds is 6. The standard InChI is InChI=1S/C32H24F6Si/c1-3-39(4-2)31(21-15-23(33)29(37)24(34)16-21)27(19-11-7-5-8-12-19)28(20-13-9-6-10-14-20)32(39)22-17-25(35)30(38)26(36)18-22/h5-18H,3-4H2,1-2H3. The number of hydrogen-bond donors (Lipinski definition) is 0. The lowest BCUT2D eigenvalue weighted by molar-refractivity contribution is 0.447. The van der Waals surface area contributed by atoms with Crippen molar-refractivity contribution in [2.75, 3.05) is 0 Å². The van der Waals surface area contributed by atoms with Crippen molar-refractivity contribution in [1.82, 2.24) is 0 Å². The van der Waals surface area contributed by atoms with Crippen LogP contribution >= 0.6 is 0 Å². The Morgan fingerprint density at radius 1 is 0.462 bits per heavy atom. The Morgan fingerprint density at radius 2 is 0.769 bits per heavy atom. The monoisotopic (exact) mass is 550 g/mol. The van der Waals surface area contributed by atoms with Gasteiger partial charge in [-0.15, -0.1) is 0 Å². The number of allylic oxidation sites excluding steroid dienone is 2. The molecule has 0 unspecified atom stereocenters. The molecule has 5 rings (SSSR count). The van der Waals surface area contributed by atoms with Crippen molar-refractivity contribution in [1.29, 1.82) is 0 Å². The molecule has 0 saturated heterocycles. The maximum atomic E-state index is 14.7. The Morgan fingerprint density at radius 3 is 1.05 bits per heavy atom. The van der Waals surface area contributed by atoms with Gasteiger partial charge in [-0.05, 0) is 68.1 Å². The summed E-state index contributed by atoms with van der Waals surface area (Å²) < 4.78 is 87.0. The predicted molar refractivity (Wildman–Crippen MR) is 146 cm³/mol. The van der Waals surface area contributed by atoms with Crippen LogP contribution in [0.4, 0.5) is 26.3 Å². The maximum Gasteiger partial charge on any atom is 0.194 e. The van der Waals surface area contributed by atoms with Crippen LogP contribution in [0.3, 0.4) is 0 Å². The van der Waals surface area contributed by atoms with Crippen molar-refractivity contribution < 1.29 is 26.3 Å². The van der Waals surface area contributed by atoms with Gasteiger partial charge in [-0.1, -0.05) is 86.6 Å². The normalized spacial score (nSPS) is 14.9. The second-order valence-electron chi connectivity index (χ2n) is 9.53. The van der Waals surface area contributed by atoms with E-state index in [1.807, 2.05) is 74.5 Å². The molecule has 7 heteroatoms. The molecule has 0 aromatic heterocycles. The molecule has 0 saturated carbocycles. The Kier molecular flexibility index (Phi) is 7.12. The molecule has 0 radical (unpaired) electrons. The second kappa shape index (κ2) is 10.4. The van der Waals surface area contributed by atoms with Gasteiger partial charge in [0.2, 0.25) is 0 Å². The van der Waals surface area contributed by atoms with Gasteiger partial charge in [-0.2, -0.15) is 0 Å². The van der Waals surface area contributed by atoms with Crippen LogP contribution in [-0.4, -0.2) is 8.07 Å². The Hall–Kier alpha value is -3.84. The third kappa shape index (κ3) is 4.35. The minimum atomic E-state index is -3.09. The first kappa shape index (κ1) is 26.8. The molecule has 0 nitrogen and oxygen atoms in total. The van der Waals surface area contributed by atoms with Gasteiger partial charge in [-0.3, -0.25) is 0 Å². The van der Waals surface area contributed by atoms with E-state index in [2.05, 4.69) is 0 Å². The van der Waals surface area contributed by atoms with Crippen LogP contribution in [0.5, 0.6) is 0 Å². The molecule has 198 valence electrons. The average molecular weight is 551 g/mol. The lowest BCUT2D eigenvalue weighted by Crippen LogP contribution is -2.35. The third-order valence-electron chi connectivity index (χ3n) is 7.58. The van der Waals surface area contributed by atoms with Crippen molar-refractivity contribution in [2.45, 2.75) is 25.9 Å². The van der Waals surface area contributed by atoms with Gasteiger partial charge >= 0.3 is 0 Å². The fraction of sp³-hybridized carbons (Fsp3) is 0.125. The molecule has 0 N–H and O–H groups in total. The van der Waals surface area contributed by atoms with Crippen LogP contribution in [0.25, 0.3) is 21.5 Å².